The molecule has 16 heavy (non-hydrogen) atoms. The van der Waals surface area contributed by atoms with Crippen molar-refractivity contribution in [3.05, 3.63) is 37.4 Å². The Kier molecular flexibility index (Phi) is 3.66. The van der Waals surface area contributed by atoms with Crippen LogP contribution in [-0.4, -0.2) is 10.9 Å². The molecular weight excluding hydrogens is 264 g/mol. The zero-order valence-corrected chi connectivity index (χ0v) is 9.30. The highest BCUT2D eigenvalue weighted by atomic mass is 35.5. The van der Waals surface area contributed by atoms with Crippen molar-refractivity contribution < 1.29 is 19.2 Å². The summed E-state index contributed by atoms with van der Waals surface area (Å²) in [4.78, 5) is 23.7. The van der Waals surface area contributed by atoms with Gasteiger partial charge in [-0.05, 0) is 18.6 Å². The molecule has 8 heteroatoms. The van der Waals surface area contributed by atoms with Crippen molar-refractivity contribution >= 4 is 34.9 Å². The molecule has 5 nitrogen and oxygen atoms in total. The predicted molar refractivity (Wildman–Crippen MR) is 54.4 cm³/mol. The standard InChI is InChI=1S/C8H4Cl2FNO4/c1-3-2-4(8(13)16-11)6(10)7(5(3)9)12(14)15/h2H,1H3. The first-order chi connectivity index (χ1) is 7.40. The van der Waals surface area contributed by atoms with Crippen LogP contribution in [0.1, 0.15) is 15.9 Å². The number of nitro groups is 1. The van der Waals surface area contributed by atoms with Crippen LogP contribution in [0.25, 0.3) is 0 Å². The lowest BCUT2D eigenvalue weighted by molar-refractivity contribution is -0.384. The fourth-order valence-corrected chi connectivity index (χ4v) is 1.67. The maximum absolute atomic E-state index is 11.7. The van der Waals surface area contributed by atoms with Gasteiger partial charge in [0.05, 0.1) is 10.5 Å². The predicted octanol–water partition coefficient (Wildman–Crippen LogP) is 3.25. The lowest BCUT2D eigenvalue weighted by atomic mass is 10.1. The third-order valence-corrected chi connectivity index (χ3v) is 2.69. The average Bonchev–Trinajstić information content (AvgIpc) is 2.22. The topological polar surface area (TPSA) is 69.4 Å². The van der Waals surface area contributed by atoms with Crippen LogP contribution in [0, 0.1) is 17.0 Å². The number of carbonyl (C=O) groups excluding carboxylic acids is 1. The first-order valence-corrected chi connectivity index (χ1v) is 4.61. The number of halogens is 3. The van der Waals surface area contributed by atoms with Crippen LogP contribution in [0.3, 0.4) is 0 Å². The molecule has 0 aliphatic rings. The molecule has 0 atom stereocenters. The second kappa shape index (κ2) is 4.63. The van der Waals surface area contributed by atoms with Crippen LogP contribution >= 0.6 is 23.2 Å². The number of benzene rings is 1. The van der Waals surface area contributed by atoms with Gasteiger partial charge in [-0.1, -0.05) is 23.2 Å². The minimum Gasteiger partial charge on any atom is -0.258 e. The van der Waals surface area contributed by atoms with Crippen molar-refractivity contribution in [1.29, 1.82) is 0 Å². The summed E-state index contributed by atoms with van der Waals surface area (Å²) in [6.07, 6.45) is 0. The molecular formula is C8H4Cl2FNO4. The van der Waals surface area contributed by atoms with Crippen molar-refractivity contribution in [2.75, 3.05) is 0 Å². The minimum atomic E-state index is -1.41. The fourth-order valence-electron chi connectivity index (χ4n) is 1.10. The molecule has 0 saturated carbocycles. The molecule has 86 valence electrons. The monoisotopic (exact) mass is 267 g/mol. The van der Waals surface area contributed by atoms with E-state index in [4.69, 9.17) is 23.2 Å². The Morgan fingerprint density at radius 2 is 2.06 bits per heavy atom. The van der Waals surface area contributed by atoms with E-state index in [9.17, 15) is 19.4 Å². The van der Waals surface area contributed by atoms with Gasteiger partial charge in [-0.25, -0.2) is 9.74 Å². The summed E-state index contributed by atoms with van der Waals surface area (Å²) in [7, 11) is 0. The fraction of sp³-hybridized carbons (Fsp3) is 0.125. The van der Waals surface area contributed by atoms with Gasteiger partial charge in [0.1, 0.15) is 10.0 Å². The Morgan fingerprint density at radius 3 is 2.50 bits per heavy atom. The maximum atomic E-state index is 11.7. The van der Waals surface area contributed by atoms with E-state index in [2.05, 4.69) is 4.94 Å². The molecule has 0 aliphatic carbocycles. The largest absolute Gasteiger partial charge is 0.381 e. The smallest absolute Gasteiger partial charge is 0.258 e. The summed E-state index contributed by atoms with van der Waals surface area (Å²) in [5.74, 6) is -1.41. The number of carbonyl (C=O) groups is 1. The third-order valence-electron chi connectivity index (χ3n) is 1.83. The molecule has 0 heterocycles. The number of aryl methyl sites for hydroxylation is 1. The van der Waals surface area contributed by atoms with Gasteiger partial charge in [0, 0.05) is 4.53 Å². The molecule has 0 saturated heterocycles. The minimum absolute atomic E-state index is 0.203. The summed E-state index contributed by atoms with van der Waals surface area (Å²) in [5, 5.41) is 9.89. The van der Waals surface area contributed by atoms with Crippen LogP contribution in [0.4, 0.5) is 10.2 Å². The molecule has 1 aromatic carbocycles. The van der Waals surface area contributed by atoms with Gasteiger partial charge in [-0.2, -0.15) is 0 Å². The Balaban J connectivity index is 3.56. The normalized spacial score (nSPS) is 10.0. The van der Waals surface area contributed by atoms with Crippen LogP contribution in [-0.2, 0) is 4.94 Å². The van der Waals surface area contributed by atoms with E-state index in [-0.39, 0.29) is 10.6 Å². The van der Waals surface area contributed by atoms with Gasteiger partial charge in [-0.15, -0.1) is 0 Å². The van der Waals surface area contributed by atoms with E-state index in [0.29, 0.717) is 0 Å². The van der Waals surface area contributed by atoms with E-state index in [0.717, 1.165) is 6.07 Å². The molecule has 0 fully saturated rings. The molecule has 0 radical (unpaired) electrons. The summed E-state index contributed by atoms with van der Waals surface area (Å²) in [6.45, 7) is 1.42. The van der Waals surface area contributed by atoms with E-state index in [1.165, 1.54) is 6.92 Å². The SMILES string of the molecule is Cc1cc(C(=O)OF)c(Cl)c([N+](=O)[O-])c1Cl. The van der Waals surface area contributed by atoms with Crippen LogP contribution in [0.2, 0.25) is 10.0 Å². The summed E-state index contributed by atoms with van der Waals surface area (Å²) in [6, 6.07) is 1.11. The number of rotatable bonds is 2. The van der Waals surface area contributed by atoms with Crippen LogP contribution in [0.5, 0.6) is 0 Å². The van der Waals surface area contributed by atoms with Gasteiger partial charge < -0.3 is 0 Å². The summed E-state index contributed by atoms with van der Waals surface area (Å²) in [5.41, 5.74) is -0.875. The number of nitro benzene ring substituents is 1. The molecule has 0 spiro atoms. The third kappa shape index (κ3) is 2.07. The van der Waals surface area contributed by atoms with Crippen molar-refractivity contribution in [1.82, 2.24) is 0 Å². The first-order valence-electron chi connectivity index (χ1n) is 3.86. The maximum Gasteiger partial charge on any atom is 0.381 e. The lowest BCUT2D eigenvalue weighted by Gasteiger charge is -2.05. The van der Waals surface area contributed by atoms with Crippen molar-refractivity contribution in [2.45, 2.75) is 6.92 Å². The van der Waals surface area contributed by atoms with Gasteiger partial charge in [-0.3, -0.25) is 10.1 Å². The molecule has 0 unspecified atom stereocenters. The Morgan fingerprint density at radius 1 is 1.50 bits per heavy atom. The van der Waals surface area contributed by atoms with E-state index in [1.807, 2.05) is 0 Å². The molecule has 1 aromatic rings. The molecule has 0 aliphatic heterocycles. The van der Waals surface area contributed by atoms with Gasteiger partial charge >= 0.3 is 11.7 Å². The number of hydrogen-bond acceptors (Lipinski definition) is 4. The lowest BCUT2D eigenvalue weighted by Crippen LogP contribution is -2.04. The quantitative estimate of drug-likeness (QED) is 0.609. The highest BCUT2D eigenvalue weighted by Crippen LogP contribution is 2.37. The van der Waals surface area contributed by atoms with Gasteiger partial charge in [0.25, 0.3) is 0 Å². The van der Waals surface area contributed by atoms with Gasteiger partial charge in [0.2, 0.25) is 0 Å². The van der Waals surface area contributed by atoms with Crippen LogP contribution < -0.4 is 0 Å². The Hall–Kier alpha value is -1.40. The average molecular weight is 268 g/mol. The number of hydrogen-bond donors (Lipinski definition) is 0. The zero-order chi connectivity index (χ0) is 12.5. The second-order valence-electron chi connectivity index (χ2n) is 2.84. The van der Waals surface area contributed by atoms with Crippen molar-refractivity contribution in [3.63, 3.8) is 0 Å². The van der Waals surface area contributed by atoms with Crippen molar-refractivity contribution in [2.24, 2.45) is 0 Å². The van der Waals surface area contributed by atoms with Gasteiger partial charge in [0.15, 0.2) is 0 Å². The summed E-state index contributed by atoms with van der Waals surface area (Å²) < 4.78 is 11.7. The Bertz CT molecular complexity index is 478. The van der Waals surface area contributed by atoms with Crippen molar-refractivity contribution in [3.8, 4) is 0 Å². The van der Waals surface area contributed by atoms with E-state index >= 15 is 0 Å². The molecule has 0 amide bonds. The van der Waals surface area contributed by atoms with E-state index in [1.54, 1.807) is 0 Å². The molecule has 1 rings (SSSR count). The number of nitrogens with zero attached hydrogens (tertiary/aromatic N) is 1. The highest BCUT2D eigenvalue weighted by molar-refractivity contribution is 6.40. The highest BCUT2D eigenvalue weighted by Gasteiger charge is 2.27. The summed E-state index contributed by atoms with van der Waals surface area (Å²) >= 11 is 11.2. The van der Waals surface area contributed by atoms with Crippen LogP contribution in [0.15, 0.2) is 6.07 Å². The molecule has 0 N–H and O–H groups in total. The Labute approximate surface area is 98.8 Å². The second-order valence-corrected chi connectivity index (χ2v) is 3.60. The van der Waals surface area contributed by atoms with E-state index < -0.39 is 27.2 Å². The molecule has 0 aromatic heterocycles. The zero-order valence-electron chi connectivity index (χ0n) is 7.79. The first kappa shape index (κ1) is 12.7. The molecule has 0 bridgehead atoms.